The number of ether oxygens (including phenoxy) is 1. The van der Waals surface area contributed by atoms with E-state index in [1.54, 1.807) is 6.20 Å². The number of hydrogen-bond acceptors (Lipinski definition) is 5. The Morgan fingerprint density at radius 3 is 2.70 bits per heavy atom. The number of nitrogens with zero attached hydrogens (tertiary/aromatic N) is 3. The van der Waals surface area contributed by atoms with Gasteiger partial charge in [-0.15, -0.1) is 0 Å². The fourth-order valence-corrected chi connectivity index (χ4v) is 5.12. The first-order valence-corrected chi connectivity index (χ1v) is 11.7. The van der Waals surface area contributed by atoms with Crippen molar-refractivity contribution in [2.75, 3.05) is 20.2 Å². The lowest BCUT2D eigenvalue weighted by Crippen LogP contribution is -2.30. The second kappa shape index (κ2) is 9.46. The molecule has 1 aromatic carbocycles. The topological polar surface area (TPSA) is 55.3 Å². The first-order chi connectivity index (χ1) is 16.1. The van der Waals surface area contributed by atoms with Crippen LogP contribution in [0.1, 0.15) is 51.1 Å². The lowest BCUT2D eigenvalue weighted by molar-refractivity contribution is 0.0600. The van der Waals surface area contributed by atoms with Gasteiger partial charge in [-0.1, -0.05) is 29.3 Å². The van der Waals surface area contributed by atoms with Crippen molar-refractivity contribution in [3.8, 4) is 0 Å². The van der Waals surface area contributed by atoms with Crippen LogP contribution < -0.4 is 0 Å². The van der Waals surface area contributed by atoms with Crippen LogP contribution in [0.2, 0.25) is 5.02 Å². The first-order valence-electron chi connectivity index (χ1n) is 11.3. The summed E-state index contributed by atoms with van der Waals surface area (Å²) in [6.45, 7) is 2.67. The van der Waals surface area contributed by atoms with Gasteiger partial charge in [-0.25, -0.2) is 4.79 Å². The van der Waals surface area contributed by atoms with Gasteiger partial charge in [0.25, 0.3) is 0 Å². The van der Waals surface area contributed by atoms with Crippen molar-refractivity contribution in [1.29, 1.82) is 0 Å². The molecule has 2 aliphatic rings. The average molecular weight is 460 g/mol. The highest BCUT2D eigenvalue weighted by atomic mass is 35.5. The summed E-state index contributed by atoms with van der Waals surface area (Å²) in [7, 11) is 1.39. The van der Waals surface area contributed by atoms with E-state index in [1.165, 1.54) is 34.9 Å². The van der Waals surface area contributed by atoms with Gasteiger partial charge in [0.1, 0.15) is 0 Å². The van der Waals surface area contributed by atoms with Gasteiger partial charge in [-0.2, -0.15) is 0 Å². The second-order valence-corrected chi connectivity index (χ2v) is 9.08. The van der Waals surface area contributed by atoms with E-state index in [-0.39, 0.29) is 5.97 Å². The summed E-state index contributed by atoms with van der Waals surface area (Å²) >= 11 is 6.34. The van der Waals surface area contributed by atoms with Crippen LogP contribution >= 0.6 is 11.6 Å². The number of fused-ring (bicyclic) bond motifs is 2. The van der Waals surface area contributed by atoms with E-state index in [2.05, 4.69) is 28.1 Å². The molecule has 1 aliphatic heterocycles. The lowest BCUT2D eigenvalue weighted by atomic mass is 9.88. The van der Waals surface area contributed by atoms with E-state index in [9.17, 15) is 4.79 Å². The highest BCUT2D eigenvalue weighted by molar-refractivity contribution is 6.30. The van der Waals surface area contributed by atoms with Gasteiger partial charge < -0.3 is 4.74 Å². The molecular formula is C27H26ClN3O2. The number of halogens is 1. The number of likely N-dealkylation sites (tertiary alicyclic amines) is 1. The third-order valence-corrected chi connectivity index (χ3v) is 6.80. The summed E-state index contributed by atoms with van der Waals surface area (Å²) in [5.74, 6) is -0.353. The zero-order valence-electron chi connectivity index (χ0n) is 18.7. The van der Waals surface area contributed by atoms with Crippen molar-refractivity contribution >= 4 is 23.1 Å². The maximum Gasteiger partial charge on any atom is 0.339 e. The number of rotatable bonds is 3. The summed E-state index contributed by atoms with van der Waals surface area (Å²) in [5.41, 5.74) is 9.27. The van der Waals surface area contributed by atoms with E-state index < -0.39 is 0 Å². The summed E-state index contributed by atoms with van der Waals surface area (Å²) in [4.78, 5) is 23.3. The number of aromatic nitrogens is 2. The molecular weight excluding hydrogens is 434 g/mol. The molecule has 33 heavy (non-hydrogen) atoms. The highest BCUT2D eigenvalue weighted by Crippen LogP contribution is 2.38. The largest absolute Gasteiger partial charge is 0.465 e. The Balaban J connectivity index is 1.42. The smallest absolute Gasteiger partial charge is 0.339 e. The molecule has 5 nitrogen and oxygen atoms in total. The maximum absolute atomic E-state index is 11.8. The molecule has 0 atom stereocenters. The minimum absolute atomic E-state index is 0.353. The van der Waals surface area contributed by atoms with E-state index >= 15 is 0 Å². The predicted molar refractivity (Wildman–Crippen MR) is 129 cm³/mol. The Morgan fingerprint density at radius 1 is 1.06 bits per heavy atom. The highest BCUT2D eigenvalue weighted by Gasteiger charge is 2.25. The Hall–Kier alpha value is -3.02. The number of methoxy groups -OCH3 is 1. The molecule has 168 valence electrons. The number of esters is 1. The Morgan fingerprint density at radius 2 is 1.88 bits per heavy atom. The number of piperidine rings is 1. The molecule has 0 bridgehead atoms. The monoisotopic (exact) mass is 459 g/mol. The van der Waals surface area contributed by atoms with Crippen molar-refractivity contribution in [2.24, 2.45) is 0 Å². The number of aryl methyl sites for hydroxylation is 2. The summed E-state index contributed by atoms with van der Waals surface area (Å²) in [6.07, 6.45) is 9.19. The van der Waals surface area contributed by atoms with Crippen LogP contribution in [0.25, 0.3) is 5.57 Å². The van der Waals surface area contributed by atoms with Gasteiger partial charge in [0.15, 0.2) is 0 Å². The molecule has 0 radical (unpaired) electrons. The number of carbonyl (C=O) groups excluding carboxylic acids is 1. The van der Waals surface area contributed by atoms with Crippen molar-refractivity contribution in [3.05, 3.63) is 99.1 Å². The molecule has 5 rings (SSSR count). The fourth-order valence-electron chi connectivity index (χ4n) is 4.93. The van der Waals surface area contributed by atoms with Crippen LogP contribution in [0.3, 0.4) is 0 Å². The minimum Gasteiger partial charge on any atom is -0.465 e. The van der Waals surface area contributed by atoms with Gasteiger partial charge in [0.05, 0.1) is 18.4 Å². The van der Waals surface area contributed by atoms with Crippen molar-refractivity contribution in [1.82, 2.24) is 14.9 Å². The van der Waals surface area contributed by atoms with Crippen LogP contribution in [0.15, 0.2) is 60.6 Å². The Labute approximate surface area is 199 Å². The Bertz CT molecular complexity index is 1230. The average Bonchev–Trinajstić information content (AvgIpc) is 3.01. The van der Waals surface area contributed by atoms with Crippen LogP contribution in [0.4, 0.5) is 0 Å². The minimum atomic E-state index is -0.353. The molecule has 0 N–H and O–H groups in total. The van der Waals surface area contributed by atoms with Crippen molar-refractivity contribution in [3.63, 3.8) is 0 Å². The van der Waals surface area contributed by atoms with Gasteiger partial charge in [-0.3, -0.25) is 14.9 Å². The standard InChI is InChI=1S/C27H26ClN3O2/c1-33-27(32)22-13-18(15-29-16-22)17-31-11-8-19(9-12-31)25-24-7-6-23(28)14-21(24)5-4-20-3-2-10-30-26(20)25/h2-3,6-7,10,13-16H,4-5,8-9,11-12,17H2,1H3. The number of pyridine rings is 2. The number of carbonyl (C=O) groups is 1. The van der Waals surface area contributed by atoms with Gasteiger partial charge in [0, 0.05) is 48.8 Å². The lowest BCUT2D eigenvalue weighted by Gasteiger charge is -2.30. The predicted octanol–water partition coefficient (Wildman–Crippen LogP) is 5.11. The van der Waals surface area contributed by atoms with E-state index in [1.807, 2.05) is 30.6 Å². The molecule has 0 unspecified atom stereocenters. The van der Waals surface area contributed by atoms with Crippen molar-refractivity contribution < 1.29 is 9.53 Å². The van der Waals surface area contributed by atoms with Gasteiger partial charge in [-0.05, 0) is 72.2 Å². The number of benzene rings is 1. The SMILES string of the molecule is COC(=O)c1cncc(CN2CCC(=C3c4ccc(Cl)cc4CCc4cccnc43)CC2)c1. The third kappa shape index (κ3) is 4.56. The van der Waals surface area contributed by atoms with Crippen LogP contribution in [-0.2, 0) is 24.1 Å². The molecule has 0 amide bonds. The van der Waals surface area contributed by atoms with Gasteiger partial charge >= 0.3 is 5.97 Å². The molecule has 3 heterocycles. The maximum atomic E-state index is 11.8. The van der Waals surface area contributed by atoms with Crippen molar-refractivity contribution in [2.45, 2.75) is 32.2 Å². The van der Waals surface area contributed by atoms with Crippen LogP contribution in [0, 0.1) is 0 Å². The molecule has 3 aromatic rings. The van der Waals surface area contributed by atoms with Crippen LogP contribution in [-0.4, -0.2) is 41.0 Å². The van der Waals surface area contributed by atoms with E-state index in [4.69, 9.17) is 21.3 Å². The quantitative estimate of drug-likeness (QED) is 0.509. The number of hydrogen-bond donors (Lipinski definition) is 0. The third-order valence-electron chi connectivity index (χ3n) is 6.56. The second-order valence-electron chi connectivity index (χ2n) is 8.64. The van der Waals surface area contributed by atoms with Crippen LogP contribution in [0.5, 0.6) is 0 Å². The molecule has 0 saturated carbocycles. The first kappa shape index (κ1) is 21.8. The molecule has 6 heteroatoms. The Kier molecular flexibility index (Phi) is 6.25. The molecule has 2 aromatic heterocycles. The van der Waals surface area contributed by atoms with Gasteiger partial charge in [0.2, 0.25) is 0 Å². The normalized spacial score (nSPS) is 16.1. The molecule has 1 fully saturated rings. The fraction of sp³-hybridized carbons (Fsp3) is 0.296. The summed E-state index contributed by atoms with van der Waals surface area (Å²) in [6, 6.07) is 12.4. The summed E-state index contributed by atoms with van der Waals surface area (Å²) < 4.78 is 4.82. The van der Waals surface area contributed by atoms with E-state index in [0.29, 0.717) is 5.56 Å². The molecule has 1 saturated heterocycles. The summed E-state index contributed by atoms with van der Waals surface area (Å²) in [5, 5.41) is 0.787. The molecule has 0 spiro atoms. The van der Waals surface area contributed by atoms with E-state index in [0.717, 1.165) is 61.6 Å². The zero-order valence-corrected chi connectivity index (χ0v) is 19.4. The zero-order chi connectivity index (χ0) is 22.8. The molecule has 1 aliphatic carbocycles.